The summed E-state index contributed by atoms with van der Waals surface area (Å²) in [5, 5.41) is 8.22. The second-order valence-corrected chi connectivity index (χ2v) is 5.34. The minimum Gasteiger partial charge on any atom is -0.293 e. The normalized spacial score (nSPS) is 11.2. The van der Waals surface area contributed by atoms with Gasteiger partial charge in [-0.2, -0.15) is 0 Å². The maximum Gasteiger partial charge on any atom is 0.142 e. The maximum atomic E-state index is 4.27. The van der Waals surface area contributed by atoms with Crippen LogP contribution in [0.15, 0.2) is 16.9 Å². The predicted molar refractivity (Wildman–Crippen MR) is 75.3 cm³/mol. The smallest absolute Gasteiger partial charge is 0.142 e. The third kappa shape index (κ3) is 3.57. The molecule has 0 saturated heterocycles. The Kier molecular flexibility index (Phi) is 4.60. The van der Waals surface area contributed by atoms with Gasteiger partial charge in [0.1, 0.15) is 5.82 Å². The highest BCUT2D eigenvalue weighted by Gasteiger charge is 2.11. The van der Waals surface area contributed by atoms with Crippen LogP contribution in [0.2, 0.25) is 0 Å². The summed E-state index contributed by atoms with van der Waals surface area (Å²) >= 11 is 3.33. The molecule has 6 nitrogen and oxygen atoms in total. The van der Waals surface area contributed by atoms with Gasteiger partial charge in [-0.15, -0.1) is 5.10 Å². The van der Waals surface area contributed by atoms with Crippen molar-refractivity contribution in [3.8, 4) is 0 Å². The van der Waals surface area contributed by atoms with Gasteiger partial charge in [-0.05, 0) is 36.8 Å². The topological polar surface area (TPSA) is 59.7 Å². The van der Waals surface area contributed by atoms with Crippen molar-refractivity contribution in [3.63, 3.8) is 0 Å². The summed E-state index contributed by atoms with van der Waals surface area (Å²) in [6, 6.07) is 0. The fraction of sp³-hybridized carbons (Fsp3) is 0.500. The fourth-order valence-corrected chi connectivity index (χ4v) is 2.05. The Labute approximate surface area is 121 Å². The van der Waals surface area contributed by atoms with Crippen molar-refractivity contribution in [3.05, 3.63) is 34.1 Å². The Morgan fingerprint density at radius 3 is 2.58 bits per heavy atom. The number of hydrogen-bond acceptors (Lipinski definition) is 5. The molecule has 7 heteroatoms. The Morgan fingerprint density at radius 2 is 1.95 bits per heavy atom. The molecule has 0 fully saturated rings. The van der Waals surface area contributed by atoms with E-state index in [9.17, 15) is 0 Å². The summed E-state index contributed by atoms with van der Waals surface area (Å²) in [7, 11) is 2.04. The summed E-state index contributed by atoms with van der Waals surface area (Å²) in [4.78, 5) is 10.7. The van der Waals surface area contributed by atoms with E-state index >= 15 is 0 Å². The molecule has 0 atom stereocenters. The van der Waals surface area contributed by atoms with E-state index in [-0.39, 0.29) is 0 Å². The minimum atomic E-state index is 0.696. The minimum absolute atomic E-state index is 0.696. The molecule has 0 N–H and O–H groups in total. The Bertz CT molecular complexity index is 536. The SMILES string of the molecule is CCn1nnc(C)c1CN(C)Cc1ncc(Br)cn1. The van der Waals surface area contributed by atoms with Crippen LogP contribution in [0, 0.1) is 6.92 Å². The van der Waals surface area contributed by atoms with Crippen LogP contribution in [0.5, 0.6) is 0 Å². The van der Waals surface area contributed by atoms with Crippen molar-refractivity contribution >= 4 is 15.9 Å². The van der Waals surface area contributed by atoms with Gasteiger partial charge >= 0.3 is 0 Å². The van der Waals surface area contributed by atoms with E-state index in [0.717, 1.165) is 34.8 Å². The van der Waals surface area contributed by atoms with Gasteiger partial charge in [-0.25, -0.2) is 14.6 Å². The predicted octanol–water partition coefficient (Wildman–Crippen LogP) is 1.79. The van der Waals surface area contributed by atoms with Gasteiger partial charge in [0.2, 0.25) is 0 Å². The monoisotopic (exact) mass is 324 g/mol. The van der Waals surface area contributed by atoms with Crippen LogP contribution in [0.25, 0.3) is 0 Å². The summed E-state index contributed by atoms with van der Waals surface area (Å²) in [6.45, 7) is 6.36. The van der Waals surface area contributed by atoms with Gasteiger partial charge in [0.05, 0.1) is 22.4 Å². The van der Waals surface area contributed by atoms with Gasteiger partial charge < -0.3 is 0 Å². The van der Waals surface area contributed by atoms with E-state index in [1.807, 2.05) is 18.7 Å². The van der Waals surface area contributed by atoms with Crippen molar-refractivity contribution in [2.45, 2.75) is 33.5 Å². The van der Waals surface area contributed by atoms with Crippen LogP contribution in [-0.2, 0) is 19.6 Å². The highest BCUT2D eigenvalue weighted by Crippen LogP contribution is 2.10. The summed E-state index contributed by atoms with van der Waals surface area (Å²) in [5.41, 5.74) is 2.12. The highest BCUT2D eigenvalue weighted by atomic mass is 79.9. The first-order chi connectivity index (χ1) is 9.10. The van der Waals surface area contributed by atoms with Crippen LogP contribution < -0.4 is 0 Å². The second-order valence-electron chi connectivity index (χ2n) is 4.43. The van der Waals surface area contributed by atoms with Gasteiger partial charge in [0.25, 0.3) is 0 Å². The fourth-order valence-electron chi connectivity index (χ4n) is 1.84. The van der Waals surface area contributed by atoms with E-state index in [1.54, 1.807) is 12.4 Å². The second kappa shape index (κ2) is 6.21. The van der Waals surface area contributed by atoms with Crippen LogP contribution in [0.3, 0.4) is 0 Å². The number of nitrogens with zero attached hydrogens (tertiary/aromatic N) is 6. The first-order valence-electron chi connectivity index (χ1n) is 6.14. The Morgan fingerprint density at radius 1 is 1.26 bits per heavy atom. The zero-order valence-electron chi connectivity index (χ0n) is 11.3. The number of aryl methyl sites for hydroxylation is 2. The number of halogens is 1. The molecule has 0 spiro atoms. The average molecular weight is 325 g/mol. The zero-order valence-corrected chi connectivity index (χ0v) is 12.9. The number of rotatable bonds is 5. The number of hydrogen-bond donors (Lipinski definition) is 0. The quantitative estimate of drug-likeness (QED) is 0.839. The summed E-state index contributed by atoms with van der Waals surface area (Å²) in [6.07, 6.45) is 3.53. The van der Waals surface area contributed by atoms with Crippen LogP contribution in [0.4, 0.5) is 0 Å². The highest BCUT2D eigenvalue weighted by molar-refractivity contribution is 9.10. The van der Waals surface area contributed by atoms with E-state index in [2.05, 4.69) is 48.0 Å². The number of aromatic nitrogens is 5. The molecule has 2 aromatic heterocycles. The first kappa shape index (κ1) is 14.1. The van der Waals surface area contributed by atoms with Gasteiger partial charge in [0, 0.05) is 25.5 Å². The third-order valence-corrected chi connectivity index (χ3v) is 3.25. The van der Waals surface area contributed by atoms with Crippen molar-refractivity contribution in [2.24, 2.45) is 0 Å². The lowest BCUT2D eigenvalue weighted by atomic mass is 10.3. The molecule has 0 aromatic carbocycles. The van der Waals surface area contributed by atoms with Gasteiger partial charge in [-0.1, -0.05) is 5.21 Å². The lowest BCUT2D eigenvalue weighted by Crippen LogP contribution is -2.21. The zero-order chi connectivity index (χ0) is 13.8. The Balaban J connectivity index is 2.02. The molecular formula is C12H17BrN6. The molecular weight excluding hydrogens is 308 g/mol. The molecule has 102 valence electrons. The molecule has 0 saturated carbocycles. The van der Waals surface area contributed by atoms with Crippen molar-refractivity contribution in [1.29, 1.82) is 0 Å². The standard InChI is InChI=1S/C12H17BrN6/c1-4-19-11(9(2)16-17-19)7-18(3)8-12-14-5-10(13)6-15-12/h5-6H,4,7-8H2,1-3H3. The van der Waals surface area contributed by atoms with E-state index in [4.69, 9.17) is 0 Å². The van der Waals surface area contributed by atoms with E-state index in [1.165, 1.54) is 0 Å². The molecule has 2 heterocycles. The molecule has 0 unspecified atom stereocenters. The van der Waals surface area contributed by atoms with Crippen LogP contribution in [0.1, 0.15) is 24.1 Å². The Hall–Kier alpha value is -1.34. The van der Waals surface area contributed by atoms with Gasteiger partial charge in [0.15, 0.2) is 0 Å². The van der Waals surface area contributed by atoms with Crippen LogP contribution in [-0.4, -0.2) is 36.9 Å². The molecule has 0 radical (unpaired) electrons. The molecule has 0 bridgehead atoms. The molecule has 0 amide bonds. The lowest BCUT2D eigenvalue weighted by molar-refractivity contribution is 0.299. The summed E-state index contributed by atoms with van der Waals surface area (Å²) < 4.78 is 2.82. The van der Waals surface area contributed by atoms with Crippen molar-refractivity contribution < 1.29 is 0 Å². The first-order valence-corrected chi connectivity index (χ1v) is 6.93. The molecule has 2 aromatic rings. The average Bonchev–Trinajstić information content (AvgIpc) is 2.73. The van der Waals surface area contributed by atoms with Crippen molar-refractivity contribution in [1.82, 2.24) is 29.9 Å². The maximum absolute atomic E-state index is 4.27. The van der Waals surface area contributed by atoms with E-state index in [0.29, 0.717) is 6.54 Å². The third-order valence-electron chi connectivity index (χ3n) is 2.84. The van der Waals surface area contributed by atoms with Crippen molar-refractivity contribution in [2.75, 3.05) is 7.05 Å². The molecule has 0 aliphatic heterocycles. The molecule has 0 aliphatic carbocycles. The summed E-state index contributed by atoms with van der Waals surface area (Å²) in [5.74, 6) is 0.805. The molecule has 0 aliphatic rings. The van der Waals surface area contributed by atoms with Crippen LogP contribution >= 0.6 is 15.9 Å². The molecule has 2 rings (SSSR count). The van der Waals surface area contributed by atoms with E-state index < -0.39 is 0 Å². The van der Waals surface area contributed by atoms with Gasteiger partial charge in [-0.3, -0.25) is 4.90 Å². The largest absolute Gasteiger partial charge is 0.293 e. The molecule has 19 heavy (non-hydrogen) atoms. The lowest BCUT2D eigenvalue weighted by Gasteiger charge is -2.16.